The van der Waals surface area contributed by atoms with Crippen LogP contribution in [0.5, 0.6) is 0 Å². The van der Waals surface area contributed by atoms with Crippen molar-refractivity contribution in [3.05, 3.63) is 33.9 Å². The van der Waals surface area contributed by atoms with Crippen molar-refractivity contribution in [2.75, 3.05) is 24.5 Å². The number of benzene rings is 1. The van der Waals surface area contributed by atoms with E-state index in [1.807, 2.05) is 13.0 Å². The average Bonchev–Trinajstić information content (AvgIpc) is 2.25. The summed E-state index contributed by atoms with van der Waals surface area (Å²) in [4.78, 5) is 13.1. The molecule has 1 saturated heterocycles. The standard InChI is InChI=1S/C13H19N3O2/c1-3-7-15(11-8-14-9-11)13-10(2)5-4-6-12(13)16(17)18/h4-6,11,14H,3,7-9H2,1-2H3. The van der Waals surface area contributed by atoms with Crippen LogP contribution in [0.15, 0.2) is 18.2 Å². The topological polar surface area (TPSA) is 58.4 Å². The summed E-state index contributed by atoms with van der Waals surface area (Å²) in [7, 11) is 0. The Hall–Kier alpha value is -1.62. The minimum Gasteiger partial charge on any atom is -0.360 e. The Bertz CT molecular complexity index is 444. The molecule has 0 radical (unpaired) electrons. The third kappa shape index (κ3) is 2.31. The molecule has 0 amide bonds. The van der Waals surface area contributed by atoms with E-state index < -0.39 is 0 Å². The number of nitro benzene ring substituents is 1. The van der Waals surface area contributed by atoms with Crippen LogP contribution in [0.4, 0.5) is 11.4 Å². The fourth-order valence-electron chi connectivity index (χ4n) is 2.38. The van der Waals surface area contributed by atoms with Crippen LogP contribution in [-0.4, -0.2) is 30.6 Å². The van der Waals surface area contributed by atoms with E-state index in [2.05, 4.69) is 17.1 Å². The van der Waals surface area contributed by atoms with Gasteiger partial charge in [0.15, 0.2) is 0 Å². The number of anilines is 1. The number of rotatable bonds is 5. The molecular formula is C13H19N3O2. The number of aryl methyl sites for hydroxylation is 1. The van der Waals surface area contributed by atoms with Gasteiger partial charge in [0.25, 0.3) is 5.69 Å². The molecule has 1 fully saturated rings. The van der Waals surface area contributed by atoms with Crippen LogP contribution in [0, 0.1) is 17.0 Å². The van der Waals surface area contributed by atoms with Gasteiger partial charge in [0.05, 0.1) is 11.0 Å². The summed E-state index contributed by atoms with van der Waals surface area (Å²) < 4.78 is 0. The normalized spacial score (nSPS) is 15.2. The van der Waals surface area contributed by atoms with Crippen molar-refractivity contribution in [2.24, 2.45) is 0 Å². The highest BCUT2D eigenvalue weighted by Crippen LogP contribution is 2.33. The highest BCUT2D eigenvalue weighted by molar-refractivity contribution is 5.68. The Morgan fingerprint density at radius 3 is 2.72 bits per heavy atom. The molecule has 98 valence electrons. The van der Waals surface area contributed by atoms with E-state index in [0.29, 0.717) is 6.04 Å². The maximum atomic E-state index is 11.2. The third-order valence-corrected chi connectivity index (χ3v) is 3.37. The van der Waals surface area contributed by atoms with E-state index in [0.717, 1.165) is 37.3 Å². The van der Waals surface area contributed by atoms with Gasteiger partial charge in [-0.3, -0.25) is 10.1 Å². The SMILES string of the molecule is CCCN(c1c(C)cccc1[N+](=O)[O-])C1CNC1. The molecule has 5 heteroatoms. The summed E-state index contributed by atoms with van der Waals surface area (Å²) in [6.45, 7) is 6.72. The van der Waals surface area contributed by atoms with Crippen LogP contribution in [0.2, 0.25) is 0 Å². The molecule has 1 aromatic rings. The quantitative estimate of drug-likeness (QED) is 0.641. The molecule has 2 rings (SSSR count). The van der Waals surface area contributed by atoms with Crippen LogP contribution in [0.3, 0.4) is 0 Å². The van der Waals surface area contributed by atoms with E-state index in [4.69, 9.17) is 0 Å². The van der Waals surface area contributed by atoms with Gasteiger partial charge < -0.3 is 10.2 Å². The Balaban J connectivity index is 2.41. The molecule has 1 aliphatic heterocycles. The lowest BCUT2D eigenvalue weighted by atomic mass is 10.1. The zero-order chi connectivity index (χ0) is 13.1. The van der Waals surface area contributed by atoms with E-state index in [1.54, 1.807) is 12.1 Å². The predicted octanol–water partition coefficient (Wildman–Crippen LogP) is 2.09. The first-order valence-electron chi connectivity index (χ1n) is 6.36. The lowest BCUT2D eigenvalue weighted by molar-refractivity contribution is -0.384. The largest absolute Gasteiger partial charge is 0.360 e. The first-order valence-corrected chi connectivity index (χ1v) is 6.36. The monoisotopic (exact) mass is 249 g/mol. The minimum atomic E-state index is -0.281. The number of hydrogen-bond donors (Lipinski definition) is 1. The molecule has 1 N–H and O–H groups in total. The first-order chi connectivity index (χ1) is 8.65. The van der Waals surface area contributed by atoms with Crippen LogP contribution in [0.1, 0.15) is 18.9 Å². The summed E-state index contributed by atoms with van der Waals surface area (Å²) in [5, 5.41) is 14.4. The van der Waals surface area contributed by atoms with Gasteiger partial charge in [-0.05, 0) is 18.9 Å². The van der Waals surface area contributed by atoms with Crippen molar-refractivity contribution in [2.45, 2.75) is 26.3 Å². The Morgan fingerprint density at radius 2 is 2.22 bits per heavy atom. The van der Waals surface area contributed by atoms with Crippen LogP contribution in [-0.2, 0) is 0 Å². The molecule has 18 heavy (non-hydrogen) atoms. The summed E-state index contributed by atoms with van der Waals surface area (Å²) in [5.41, 5.74) is 1.98. The first kappa shape index (κ1) is 12.8. The van der Waals surface area contributed by atoms with Crippen molar-refractivity contribution < 1.29 is 4.92 Å². The van der Waals surface area contributed by atoms with Gasteiger partial charge >= 0.3 is 0 Å². The Kier molecular flexibility index (Phi) is 3.81. The molecule has 0 atom stereocenters. The van der Waals surface area contributed by atoms with Crippen LogP contribution < -0.4 is 10.2 Å². The van der Waals surface area contributed by atoms with Gasteiger partial charge in [-0.15, -0.1) is 0 Å². The number of hydrogen-bond acceptors (Lipinski definition) is 4. The molecule has 5 nitrogen and oxygen atoms in total. The number of nitrogens with one attached hydrogen (secondary N) is 1. The van der Waals surface area contributed by atoms with Crippen molar-refractivity contribution in [1.29, 1.82) is 0 Å². The van der Waals surface area contributed by atoms with E-state index in [1.165, 1.54) is 0 Å². The number of nitrogens with zero attached hydrogens (tertiary/aromatic N) is 2. The fraction of sp³-hybridized carbons (Fsp3) is 0.538. The van der Waals surface area contributed by atoms with Crippen LogP contribution >= 0.6 is 0 Å². The van der Waals surface area contributed by atoms with Gasteiger partial charge in [0, 0.05) is 25.7 Å². The molecule has 1 heterocycles. The second kappa shape index (κ2) is 5.35. The lowest BCUT2D eigenvalue weighted by Crippen LogP contribution is -2.57. The molecule has 0 unspecified atom stereocenters. The molecule has 0 saturated carbocycles. The second-order valence-corrected chi connectivity index (χ2v) is 4.71. The van der Waals surface area contributed by atoms with Gasteiger partial charge in [-0.1, -0.05) is 19.1 Å². The van der Waals surface area contributed by atoms with E-state index in [9.17, 15) is 10.1 Å². The average molecular weight is 249 g/mol. The van der Waals surface area contributed by atoms with Crippen molar-refractivity contribution in [3.63, 3.8) is 0 Å². The lowest BCUT2D eigenvalue weighted by Gasteiger charge is -2.40. The Morgan fingerprint density at radius 1 is 1.50 bits per heavy atom. The third-order valence-electron chi connectivity index (χ3n) is 3.37. The molecule has 0 aliphatic carbocycles. The predicted molar refractivity (Wildman–Crippen MR) is 72.1 cm³/mol. The molecule has 1 aliphatic rings. The highest BCUT2D eigenvalue weighted by atomic mass is 16.6. The Labute approximate surface area is 107 Å². The maximum absolute atomic E-state index is 11.2. The van der Waals surface area contributed by atoms with Gasteiger partial charge in [-0.2, -0.15) is 0 Å². The number of para-hydroxylation sites is 1. The summed E-state index contributed by atoms with van der Waals surface area (Å²) in [6, 6.07) is 5.67. The smallest absolute Gasteiger partial charge is 0.292 e. The maximum Gasteiger partial charge on any atom is 0.292 e. The highest BCUT2D eigenvalue weighted by Gasteiger charge is 2.29. The molecule has 0 bridgehead atoms. The molecule has 0 spiro atoms. The zero-order valence-corrected chi connectivity index (χ0v) is 10.8. The molecule has 0 aromatic heterocycles. The van der Waals surface area contributed by atoms with Crippen molar-refractivity contribution >= 4 is 11.4 Å². The van der Waals surface area contributed by atoms with E-state index in [-0.39, 0.29) is 10.6 Å². The van der Waals surface area contributed by atoms with Gasteiger partial charge in [-0.25, -0.2) is 0 Å². The summed E-state index contributed by atoms with van der Waals surface area (Å²) in [5.74, 6) is 0. The summed E-state index contributed by atoms with van der Waals surface area (Å²) in [6.07, 6.45) is 0.988. The molecule has 1 aromatic carbocycles. The second-order valence-electron chi connectivity index (χ2n) is 4.71. The van der Waals surface area contributed by atoms with Crippen molar-refractivity contribution in [1.82, 2.24) is 5.32 Å². The zero-order valence-electron chi connectivity index (χ0n) is 10.8. The van der Waals surface area contributed by atoms with Gasteiger partial charge in [0.2, 0.25) is 0 Å². The fourth-order valence-corrected chi connectivity index (χ4v) is 2.38. The van der Waals surface area contributed by atoms with Crippen molar-refractivity contribution in [3.8, 4) is 0 Å². The number of nitro groups is 1. The van der Waals surface area contributed by atoms with E-state index >= 15 is 0 Å². The molecular weight excluding hydrogens is 230 g/mol. The van der Waals surface area contributed by atoms with Crippen LogP contribution in [0.25, 0.3) is 0 Å². The van der Waals surface area contributed by atoms with Gasteiger partial charge in [0.1, 0.15) is 5.69 Å². The summed E-state index contributed by atoms with van der Waals surface area (Å²) >= 11 is 0. The minimum absolute atomic E-state index is 0.218.